The molecule has 0 spiro atoms. The second-order valence-electron chi connectivity index (χ2n) is 14.1. The van der Waals surface area contributed by atoms with Gasteiger partial charge in [0.1, 0.15) is 5.75 Å². The van der Waals surface area contributed by atoms with E-state index in [-0.39, 0.29) is 5.41 Å². The van der Waals surface area contributed by atoms with Crippen LogP contribution < -0.4 is 9.64 Å². The van der Waals surface area contributed by atoms with Crippen LogP contribution in [0.15, 0.2) is 127 Å². The second-order valence-corrected chi connectivity index (χ2v) is 14.1. The summed E-state index contributed by atoms with van der Waals surface area (Å²) < 4.78 is 13.2. The summed E-state index contributed by atoms with van der Waals surface area (Å²) in [5.41, 5.74) is 13.1. The molecule has 1 saturated heterocycles. The summed E-state index contributed by atoms with van der Waals surface area (Å²) in [6, 6.07) is 44.8. The van der Waals surface area contributed by atoms with Crippen LogP contribution in [-0.4, -0.2) is 26.3 Å². The first-order valence-corrected chi connectivity index (χ1v) is 18.2. The van der Waals surface area contributed by atoms with Crippen molar-refractivity contribution in [3.8, 4) is 28.0 Å². The van der Waals surface area contributed by atoms with E-state index in [0.29, 0.717) is 0 Å². The van der Waals surface area contributed by atoms with Crippen molar-refractivity contribution in [2.75, 3.05) is 31.2 Å². The largest absolute Gasteiger partial charge is 0.472 e. The van der Waals surface area contributed by atoms with Gasteiger partial charge in [0, 0.05) is 46.3 Å². The van der Waals surface area contributed by atoms with Crippen LogP contribution in [-0.2, 0) is 15.8 Å². The summed E-state index contributed by atoms with van der Waals surface area (Å²) in [5, 5.41) is 2.42. The quantitative estimate of drug-likeness (QED) is 0.179. The van der Waals surface area contributed by atoms with E-state index in [0.717, 1.165) is 61.4 Å². The highest BCUT2D eigenvalue weighted by atomic mass is 16.5. The molecule has 1 atom stereocenters. The molecule has 0 saturated carbocycles. The van der Waals surface area contributed by atoms with Crippen LogP contribution in [0, 0.1) is 6.92 Å². The Bertz CT molecular complexity index is 2240. The monoisotopic (exact) mass is 653 g/mol. The maximum absolute atomic E-state index is 7.61. The van der Waals surface area contributed by atoms with E-state index in [1.54, 1.807) is 0 Å². The predicted molar refractivity (Wildman–Crippen MR) is 207 cm³/mol. The summed E-state index contributed by atoms with van der Waals surface area (Å²) in [6.07, 6.45) is 6.73. The number of aryl methyl sites for hydroxylation is 1. The molecule has 1 unspecified atom stereocenters. The number of hydrogen-bond donors (Lipinski definition) is 0. The molecule has 0 amide bonds. The molecule has 1 fully saturated rings. The van der Waals surface area contributed by atoms with Gasteiger partial charge < -0.3 is 14.4 Å². The third kappa shape index (κ3) is 4.60. The smallest absolute Gasteiger partial charge is 0.178 e. The highest BCUT2D eigenvalue weighted by Gasteiger charge is 2.47. The van der Waals surface area contributed by atoms with Gasteiger partial charge in [0.05, 0.1) is 13.2 Å². The number of anilines is 1. The SMILES string of the molecule is CCC1(CC)c2cc(-c3ccccc3)ccc2-c2c1c1c(c3ccccc23)OC(c2ccc(C)cc2)(c2ccc(N3CCOCC3)cc2)C=C1. The predicted octanol–water partition coefficient (Wildman–Crippen LogP) is 11.1. The topological polar surface area (TPSA) is 21.7 Å². The molecular weight excluding hydrogens is 611 g/mol. The number of fused-ring (bicyclic) bond motifs is 8. The Morgan fingerprint density at radius 1 is 0.680 bits per heavy atom. The van der Waals surface area contributed by atoms with E-state index < -0.39 is 5.60 Å². The molecule has 2 aliphatic heterocycles. The maximum Gasteiger partial charge on any atom is 0.178 e. The maximum atomic E-state index is 7.61. The summed E-state index contributed by atoms with van der Waals surface area (Å²) in [7, 11) is 0. The van der Waals surface area contributed by atoms with Crippen LogP contribution in [0.4, 0.5) is 5.69 Å². The summed E-state index contributed by atoms with van der Waals surface area (Å²) in [5.74, 6) is 0.974. The van der Waals surface area contributed by atoms with Gasteiger partial charge in [-0.2, -0.15) is 0 Å². The van der Waals surface area contributed by atoms with Crippen LogP contribution in [0.25, 0.3) is 39.1 Å². The number of ether oxygens (including phenoxy) is 2. The Balaban J connectivity index is 1.26. The normalized spacial score (nSPS) is 18.7. The van der Waals surface area contributed by atoms with Gasteiger partial charge in [0.25, 0.3) is 0 Å². The molecule has 3 nitrogen and oxygen atoms in total. The van der Waals surface area contributed by atoms with E-state index in [4.69, 9.17) is 9.47 Å². The average molecular weight is 654 g/mol. The molecule has 6 aromatic rings. The minimum atomic E-state index is -0.783. The molecule has 0 N–H and O–H groups in total. The Morgan fingerprint density at radius 2 is 1.34 bits per heavy atom. The van der Waals surface area contributed by atoms with Crippen molar-refractivity contribution < 1.29 is 9.47 Å². The van der Waals surface area contributed by atoms with E-state index in [2.05, 4.69) is 159 Å². The standard InChI is InChI=1S/C47H43NO2/c1-4-46(5-2)42-31-34(33-11-7-6-8-12-33)17-24-40(42)43-38-13-9-10-14-39(38)45-41(44(43)46)25-26-47(50-45,35-18-15-32(3)16-19-35)36-20-22-37(23-21-36)48-27-29-49-30-28-48/h6-26,31H,4-5,27-30H2,1-3H3. The van der Waals surface area contributed by atoms with Crippen LogP contribution in [0.3, 0.4) is 0 Å². The molecule has 50 heavy (non-hydrogen) atoms. The fourth-order valence-electron chi connectivity index (χ4n) is 8.98. The van der Waals surface area contributed by atoms with Crippen LogP contribution >= 0.6 is 0 Å². The fourth-order valence-corrected chi connectivity index (χ4v) is 8.98. The first kappa shape index (κ1) is 30.9. The molecule has 0 bridgehead atoms. The molecule has 0 radical (unpaired) electrons. The molecule has 6 aromatic carbocycles. The van der Waals surface area contributed by atoms with Gasteiger partial charge in [0.15, 0.2) is 5.60 Å². The van der Waals surface area contributed by atoms with E-state index in [1.165, 1.54) is 55.6 Å². The van der Waals surface area contributed by atoms with Crippen LogP contribution in [0.2, 0.25) is 0 Å². The first-order valence-electron chi connectivity index (χ1n) is 18.2. The van der Waals surface area contributed by atoms with E-state index >= 15 is 0 Å². The summed E-state index contributed by atoms with van der Waals surface area (Å²) in [4.78, 5) is 2.41. The molecular formula is C47H43NO2. The van der Waals surface area contributed by atoms with Gasteiger partial charge in [0.2, 0.25) is 0 Å². The first-order chi connectivity index (χ1) is 24.6. The van der Waals surface area contributed by atoms with Gasteiger partial charge >= 0.3 is 0 Å². The summed E-state index contributed by atoms with van der Waals surface area (Å²) >= 11 is 0. The Hall–Kier alpha value is -5.12. The molecule has 3 heteroatoms. The Morgan fingerprint density at radius 3 is 2.04 bits per heavy atom. The Kier molecular flexibility index (Phi) is 7.44. The van der Waals surface area contributed by atoms with Crippen molar-refractivity contribution in [3.63, 3.8) is 0 Å². The lowest BCUT2D eigenvalue weighted by Gasteiger charge is -2.39. The summed E-state index contributed by atoms with van der Waals surface area (Å²) in [6.45, 7) is 10.2. The van der Waals surface area contributed by atoms with Gasteiger partial charge in [-0.3, -0.25) is 0 Å². The van der Waals surface area contributed by atoms with Crippen molar-refractivity contribution in [2.24, 2.45) is 0 Å². The number of morpholine rings is 1. The Labute approximate surface area is 295 Å². The highest BCUT2D eigenvalue weighted by Crippen LogP contribution is 2.60. The number of benzene rings is 6. The molecule has 9 rings (SSSR count). The van der Waals surface area contributed by atoms with Gasteiger partial charge in [-0.15, -0.1) is 0 Å². The van der Waals surface area contributed by atoms with Crippen molar-refractivity contribution in [2.45, 2.75) is 44.6 Å². The van der Waals surface area contributed by atoms with Gasteiger partial charge in [-0.1, -0.05) is 129 Å². The zero-order chi connectivity index (χ0) is 33.9. The lowest BCUT2D eigenvalue weighted by atomic mass is 9.70. The van der Waals surface area contributed by atoms with Crippen LogP contribution in [0.5, 0.6) is 5.75 Å². The van der Waals surface area contributed by atoms with Crippen molar-refractivity contribution >= 4 is 22.5 Å². The molecule has 3 aliphatic rings. The lowest BCUT2D eigenvalue weighted by Crippen LogP contribution is -2.37. The molecule has 0 aromatic heterocycles. The second kappa shape index (κ2) is 12.0. The molecule has 2 heterocycles. The zero-order valence-corrected chi connectivity index (χ0v) is 29.2. The minimum absolute atomic E-state index is 0.138. The van der Waals surface area contributed by atoms with Crippen LogP contribution in [0.1, 0.15) is 60.1 Å². The van der Waals surface area contributed by atoms with Gasteiger partial charge in [-0.05, 0) is 82.8 Å². The van der Waals surface area contributed by atoms with Crippen molar-refractivity contribution in [3.05, 3.63) is 161 Å². The van der Waals surface area contributed by atoms with E-state index in [1.807, 2.05) is 0 Å². The number of nitrogens with zero attached hydrogens (tertiary/aromatic N) is 1. The zero-order valence-electron chi connectivity index (χ0n) is 29.2. The highest BCUT2D eigenvalue weighted by molar-refractivity contribution is 6.08. The average Bonchev–Trinajstić information content (AvgIpc) is 3.49. The molecule has 1 aliphatic carbocycles. The number of hydrogen-bond acceptors (Lipinski definition) is 3. The third-order valence-corrected chi connectivity index (χ3v) is 11.7. The van der Waals surface area contributed by atoms with E-state index in [9.17, 15) is 0 Å². The van der Waals surface area contributed by atoms with Gasteiger partial charge in [-0.25, -0.2) is 0 Å². The van der Waals surface area contributed by atoms with Crippen molar-refractivity contribution in [1.82, 2.24) is 0 Å². The minimum Gasteiger partial charge on any atom is -0.472 e. The number of rotatable bonds is 6. The lowest BCUT2D eigenvalue weighted by molar-refractivity contribution is 0.122. The van der Waals surface area contributed by atoms with Crippen molar-refractivity contribution in [1.29, 1.82) is 0 Å². The fraction of sp³-hybridized carbons (Fsp3) is 0.234. The molecule has 248 valence electrons. The third-order valence-electron chi connectivity index (χ3n) is 11.7.